The zero-order chi connectivity index (χ0) is 101. The number of ketones is 1. The smallest absolute Gasteiger partial charge is 0.396 e. The molecule has 0 spiro atoms. The lowest BCUT2D eigenvalue weighted by Gasteiger charge is -2.28. The number of alkyl halides is 8. The lowest BCUT2D eigenvalue weighted by atomic mass is 9.87. The maximum Gasteiger partial charge on any atom is 0.586 e. The minimum atomic E-state index is -3.76. The first-order valence-corrected chi connectivity index (χ1v) is 48.4. The van der Waals surface area contributed by atoms with Crippen LogP contribution in [-0.2, 0) is 126 Å². The second-order valence-electron chi connectivity index (χ2n) is 36.5. The molecular formula is C103H94Cl5F10N3O19S. The van der Waals surface area contributed by atoms with Crippen molar-refractivity contribution in [3.63, 3.8) is 0 Å². The fourth-order valence-electron chi connectivity index (χ4n) is 17.1. The number of carbonyl (C=O) groups excluding carboxylic acids is 4. The van der Waals surface area contributed by atoms with E-state index in [1.807, 2.05) is 156 Å². The summed E-state index contributed by atoms with van der Waals surface area (Å²) in [6.07, 6.45) is -11.7. The van der Waals surface area contributed by atoms with Gasteiger partial charge in [0.05, 0.1) is 117 Å². The molecule has 141 heavy (non-hydrogen) atoms. The predicted octanol–water partition coefficient (Wildman–Crippen LogP) is 22.9. The summed E-state index contributed by atoms with van der Waals surface area (Å²) < 4.78 is 206. The van der Waals surface area contributed by atoms with Crippen molar-refractivity contribution in [3.8, 4) is 46.0 Å². The van der Waals surface area contributed by atoms with Crippen LogP contribution in [0.3, 0.4) is 0 Å². The highest BCUT2D eigenvalue weighted by Crippen LogP contribution is 2.58. The lowest BCUT2D eigenvalue weighted by molar-refractivity contribution is -0.287. The van der Waals surface area contributed by atoms with Gasteiger partial charge in [-0.05, 0) is 215 Å². The molecule has 4 N–H and O–H groups in total. The van der Waals surface area contributed by atoms with Crippen molar-refractivity contribution in [2.75, 3.05) is 32.2 Å². The Hall–Kier alpha value is -11.2. The first-order valence-electron chi connectivity index (χ1n) is 44.5. The Morgan fingerprint density at radius 1 is 0.390 bits per heavy atom. The predicted molar refractivity (Wildman–Crippen MR) is 506 cm³/mol. The van der Waals surface area contributed by atoms with Crippen LogP contribution in [0.25, 0.3) is 21.8 Å². The number of anilines is 1. The molecule has 0 unspecified atom stereocenters. The fraction of sp³-hybridized carbons (Fsp3) is 0.340. The van der Waals surface area contributed by atoms with Gasteiger partial charge in [-0.2, -0.15) is 0 Å². The normalized spacial score (nSPS) is 17.4. The summed E-state index contributed by atoms with van der Waals surface area (Å²) in [4.78, 5) is 47.7. The monoisotopic (exact) mass is 2070 g/mol. The second-order valence-corrected chi connectivity index (χ2v) is 40.1. The van der Waals surface area contributed by atoms with Crippen molar-refractivity contribution in [1.29, 1.82) is 0 Å². The molecule has 8 aliphatic rings. The number of nitrogen functional groups attached to an aromatic ring is 1. The molecule has 10 aromatic carbocycles. The van der Waals surface area contributed by atoms with Gasteiger partial charge in [-0.1, -0.05) is 173 Å². The van der Waals surface area contributed by atoms with Crippen LogP contribution in [0.5, 0.6) is 46.0 Å². The molecular weight excluding hydrogens is 1980 g/mol. The molecule has 4 saturated carbocycles. The third-order valence-electron chi connectivity index (χ3n) is 25.1. The van der Waals surface area contributed by atoms with E-state index in [0.29, 0.717) is 124 Å². The molecule has 38 heteroatoms. The Morgan fingerprint density at radius 2 is 0.660 bits per heavy atom. The molecule has 0 amide bonds. The minimum Gasteiger partial charge on any atom is -0.396 e. The van der Waals surface area contributed by atoms with Gasteiger partial charge in [-0.25, -0.2) is 13.0 Å². The summed E-state index contributed by atoms with van der Waals surface area (Å²) in [5, 5.41) is 22.1. The second kappa shape index (κ2) is 42.4. The number of hydrogen-bond acceptors (Lipinski definition) is 20. The molecule has 2 aromatic heterocycles. The number of rotatable bonds is 32. The summed E-state index contributed by atoms with van der Waals surface area (Å²) in [5.74, 6) is -1.71. The van der Waals surface area contributed by atoms with E-state index in [-0.39, 0.29) is 95.8 Å². The summed E-state index contributed by atoms with van der Waals surface area (Å²) >= 11 is 16.5. The molecule has 4 aliphatic heterocycles. The van der Waals surface area contributed by atoms with Gasteiger partial charge in [0.15, 0.2) is 46.0 Å². The van der Waals surface area contributed by atoms with E-state index in [0.717, 1.165) is 44.4 Å². The van der Waals surface area contributed by atoms with Gasteiger partial charge in [0, 0.05) is 66.8 Å². The zero-order valence-electron chi connectivity index (χ0n) is 75.9. The maximum absolute atomic E-state index is 16.0. The van der Waals surface area contributed by atoms with Crippen LogP contribution >= 0.6 is 56.2 Å². The van der Waals surface area contributed by atoms with E-state index in [1.54, 1.807) is 36.4 Å². The van der Waals surface area contributed by atoms with Crippen molar-refractivity contribution < 1.29 is 134 Å². The quantitative estimate of drug-likeness (QED) is 0.0201. The highest BCUT2D eigenvalue weighted by molar-refractivity contribution is 8.26. The van der Waals surface area contributed by atoms with E-state index in [9.17, 15) is 68.9 Å². The van der Waals surface area contributed by atoms with E-state index in [2.05, 4.69) is 73.1 Å². The Labute approximate surface area is 829 Å². The van der Waals surface area contributed by atoms with Crippen molar-refractivity contribution in [3.05, 3.63) is 304 Å². The summed E-state index contributed by atoms with van der Waals surface area (Å²) in [7, 11) is 7.36. The first kappa shape index (κ1) is 104. The molecule has 22 nitrogen and oxygen atoms in total. The third kappa shape index (κ3) is 25.2. The maximum atomic E-state index is 16.0. The number of nitrogens with two attached hydrogens (primary N) is 1. The molecule has 6 heterocycles. The Balaban J connectivity index is 0.000000143. The third-order valence-corrected chi connectivity index (χ3v) is 26.2. The highest BCUT2D eigenvalue weighted by atomic mass is 36.0. The van der Waals surface area contributed by atoms with Gasteiger partial charge >= 0.3 is 25.2 Å². The number of aliphatic hydroxyl groups excluding tert-OH is 2. The van der Waals surface area contributed by atoms with Gasteiger partial charge < -0.3 is 81.9 Å². The van der Waals surface area contributed by atoms with Gasteiger partial charge in [-0.3, -0.25) is 19.2 Å². The fourth-order valence-corrected chi connectivity index (χ4v) is 18.0. The highest BCUT2D eigenvalue weighted by Gasteiger charge is 2.57. The van der Waals surface area contributed by atoms with Crippen molar-refractivity contribution in [2.24, 2.45) is 0 Å². The summed E-state index contributed by atoms with van der Waals surface area (Å²) in [5.41, 5.74) is 11.7. The zero-order valence-corrected chi connectivity index (χ0v) is 80.5. The number of aromatic nitrogens is 2. The molecule has 0 saturated heterocycles. The molecule has 20 rings (SSSR count). The number of aliphatic hydroxyl groups is 2. The van der Waals surface area contributed by atoms with Gasteiger partial charge in [0.2, 0.25) is 25.0 Å². The lowest BCUT2D eigenvalue weighted by Crippen LogP contribution is -2.30. The molecule has 2 atom stereocenters. The van der Waals surface area contributed by atoms with Gasteiger partial charge in [-0.15, -0.1) is 35.1 Å². The number of ether oxygens (including phenoxy) is 12. The van der Waals surface area contributed by atoms with Crippen LogP contribution in [0.1, 0.15) is 141 Å². The van der Waals surface area contributed by atoms with Crippen LogP contribution < -0.4 is 43.6 Å². The number of carbonyl (C=O) groups is 4. The van der Waals surface area contributed by atoms with Crippen LogP contribution in [-0.4, -0.2) is 109 Å². The van der Waals surface area contributed by atoms with Crippen LogP contribution in [0.4, 0.5) is 49.6 Å². The van der Waals surface area contributed by atoms with E-state index in [4.69, 9.17) is 63.7 Å². The van der Waals surface area contributed by atoms with Crippen LogP contribution in [0.15, 0.2) is 231 Å². The van der Waals surface area contributed by atoms with Crippen LogP contribution in [0.2, 0.25) is 0 Å². The van der Waals surface area contributed by atoms with Gasteiger partial charge in [0.1, 0.15) is 17.4 Å². The topological polar surface area (TPSA) is 272 Å². The van der Waals surface area contributed by atoms with Gasteiger partial charge in [0.25, 0.3) is 0 Å². The minimum absolute atomic E-state index is 0.0310. The van der Waals surface area contributed by atoms with E-state index < -0.39 is 106 Å². The van der Waals surface area contributed by atoms with Crippen LogP contribution in [0, 0.1) is 11.6 Å². The molecule has 746 valence electrons. The average molecular weight is 2080 g/mol. The van der Waals surface area contributed by atoms with E-state index >= 15 is 4.39 Å². The summed E-state index contributed by atoms with van der Waals surface area (Å²) in [6, 6.07) is 66.9. The van der Waals surface area contributed by atoms with Crippen molar-refractivity contribution in [2.45, 2.75) is 195 Å². The molecule has 4 fully saturated rings. The number of fused-ring (bicyclic) bond motifs is 6. The number of Topliss-reactive ketones (excluding diaryl/α,β-unsaturated/α-hetero) is 1. The Kier molecular flexibility index (Phi) is 31.3. The number of halogens is 15. The van der Waals surface area contributed by atoms with Crippen molar-refractivity contribution >= 4 is 114 Å². The molecule has 12 aromatic rings. The molecule has 0 radical (unpaired) electrons. The average Bonchev–Trinajstić information content (AvgIpc) is 1.59. The SMILES string of the molecule is CC(C)(COCc1ccccc1)c1cc2cc(CC(=O)C3(c4ccc5c(c4)OC(F)(F)O5)CC3)c(F)cc2n1C[C@@H](O)COCc1ccccc1.CC(C)(COCc1ccccc1)c1cc2cc(N)c(F)cc2n1C[C@@H](O)COCc1ccccc1.O=C(Cl)C1(c2ccc3c(c2)OC(F)(F)O3)CC1.O=C(Cl)C1(c2ccc3c(c2)OC(F)(F)O3)CC1.O=C(Cl)C1(c2ccc3c(c2)OC(F)(F)O3)CC1.O=S(Cl)Cl. The standard InChI is InChI=1S/C41H40F3NO6.C29H33FN2O3.3C11H7ClF2O3.Cl2OS/c1-39(2,26-49-24-28-11-7-4-8-12-28)37-18-30-17-29(19-38(47)40(15-16-40)31-13-14-35-36(20-31)51-41(43,44)50-35)33(42)21-34(30)45(37)22-32(46)25-48-23-27-9-5-3-6-10-27;1-29(2,20-35-18-22-11-7-4-8-12-22)28-14-23-13-26(31)25(30)15-27(23)32(28)16-24(33)19-34-17-21-9-5-3-6-10-21;3*12-9(15)10(3-4-10)6-1-2-7-8(5-6)17-11(13,14)16-7;1-4(2)3/h3-14,17-18,20-21,32,46H,15-16,19,22-26H2,1-2H3;3-15,24,33H,16-20,31H2,1-2H3;3*1-2,5H,3-4H2;/t32-;24-;;;;/m11..../s1. The molecule has 0 bridgehead atoms. The largest absolute Gasteiger partial charge is 0.586 e. The van der Waals surface area contributed by atoms with Crippen molar-refractivity contribution in [1.82, 2.24) is 9.13 Å². The number of hydrogen-bond donors (Lipinski definition) is 3. The Bertz CT molecular complexity index is 6370. The van der Waals surface area contributed by atoms with E-state index in [1.165, 1.54) is 60.7 Å². The number of benzene rings is 10. The molecule has 4 aliphatic carbocycles. The Morgan fingerprint density at radius 3 is 0.950 bits per heavy atom. The summed E-state index contributed by atoms with van der Waals surface area (Å²) in [6.45, 7) is 11.4. The number of nitrogens with zero attached hydrogens (tertiary/aromatic N) is 2. The first-order chi connectivity index (χ1) is 66.8.